The van der Waals surface area contributed by atoms with E-state index in [0.29, 0.717) is 24.2 Å². The summed E-state index contributed by atoms with van der Waals surface area (Å²) in [4.78, 5) is 27.1. The van der Waals surface area contributed by atoms with Crippen LogP contribution in [0.3, 0.4) is 0 Å². The highest BCUT2D eigenvalue weighted by Crippen LogP contribution is 2.37. The van der Waals surface area contributed by atoms with Crippen LogP contribution in [0.15, 0.2) is 53.2 Å². The van der Waals surface area contributed by atoms with Crippen molar-refractivity contribution in [3.8, 4) is 22.5 Å². The van der Waals surface area contributed by atoms with Crippen molar-refractivity contribution in [2.45, 2.75) is 12.8 Å². The number of nitrogens with zero attached hydrogens (tertiary/aromatic N) is 1. The Labute approximate surface area is 137 Å². The van der Waals surface area contributed by atoms with Crippen LogP contribution in [-0.2, 0) is 6.42 Å². The zero-order valence-corrected chi connectivity index (χ0v) is 12.7. The van der Waals surface area contributed by atoms with Crippen LogP contribution in [0.5, 0.6) is 0 Å². The van der Waals surface area contributed by atoms with Crippen molar-refractivity contribution in [3.63, 3.8) is 0 Å². The third-order valence-corrected chi connectivity index (χ3v) is 4.22. The van der Waals surface area contributed by atoms with E-state index < -0.39 is 5.97 Å². The van der Waals surface area contributed by atoms with Gasteiger partial charge in [0.1, 0.15) is 5.76 Å². The molecule has 0 bridgehead atoms. The molecule has 0 saturated heterocycles. The molecular weight excluding hydrogens is 306 g/mol. The Hall–Kier alpha value is -3.21. The number of fused-ring (bicyclic) bond motifs is 1. The molecule has 118 valence electrons. The molecule has 0 aliphatic heterocycles. The SMILES string of the molecule is O=C(O)c1cc(-c2ccncc2)c(-c2ccc3c(c2)CCC3=O)o1. The average molecular weight is 319 g/mol. The van der Waals surface area contributed by atoms with Gasteiger partial charge in [-0.15, -0.1) is 0 Å². The van der Waals surface area contributed by atoms with E-state index in [1.165, 1.54) is 6.07 Å². The standard InChI is InChI=1S/C19H13NO4/c21-16-4-2-12-9-13(1-3-14(12)16)18-15(10-17(24-18)19(22)23)11-5-7-20-8-6-11/h1,3,5-10H,2,4H2,(H,22,23). The fourth-order valence-electron chi connectivity index (χ4n) is 3.05. The van der Waals surface area contributed by atoms with Crippen LogP contribution in [0.2, 0.25) is 0 Å². The first-order valence-corrected chi connectivity index (χ1v) is 7.57. The number of ketones is 1. The van der Waals surface area contributed by atoms with E-state index in [2.05, 4.69) is 4.98 Å². The molecule has 0 saturated carbocycles. The Morgan fingerprint density at radius 2 is 1.79 bits per heavy atom. The first-order chi connectivity index (χ1) is 11.6. The van der Waals surface area contributed by atoms with E-state index in [1.54, 1.807) is 36.7 Å². The fourth-order valence-corrected chi connectivity index (χ4v) is 3.05. The van der Waals surface area contributed by atoms with Gasteiger partial charge in [0.25, 0.3) is 0 Å². The summed E-state index contributed by atoms with van der Waals surface area (Å²) in [6.45, 7) is 0. The largest absolute Gasteiger partial charge is 0.475 e. The summed E-state index contributed by atoms with van der Waals surface area (Å²) in [5.41, 5.74) is 4.01. The molecule has 5 nitrogen and oxygen atoms in total. The maximum atomic E-state index is 11.8. The summed E-state index contributed by atoms with van der Waals surface area (Å²) in [6.07, 6.45) is 4.52. The summed E-state index contributed by atoms with van der Waals surface area (Å²) in [7, 11) is 0. The van der Waals surface area contributed by atoms with E-state index in [0.717, 1.165) is 22.3 Å². The quantitative estimate of drug-likeness (QED) is 0.793. The van der Waals surface area contributed by atoms with Crippen molar-refractivity contribution < 1.29 is 19.1 Å². The molecular formula is C19H13NO4. The predicted molar refractivity (Wildman–Crippen MR) is 87.0 cm³/mol. The number of carboxylic acid groups (broad SMARTS) is 1. The number of rotatable bonds is 3. The van der Waals surface area contributed by atoms with Gasteiger partial charge in [0.15, 0.2) is 5.78 Å². The Kier molecular flexibility index (Phi) is 3.27. The number of carbonyl (C=O) groups excluding carboxylic acids is 1. The normalized spacial score (nSPS) is 13.1. The lowest BCUT2D eigenvalue weighted by molar-refractivity contribution is 0.0663. The molecule has 0 amide bonds. The number of hydrogen-bond donors (Lipinski definition) is 1. The highest BCUT2D eigenvalue weighted by Gasteiger charge is 2.23. The Morgan fingerprint density at radius 3 is 2.54 bits per heavy atom. The Bertz CT molecular complexity index is 957. The first-order valence-electron chi connectivity index (χ1n) is 7.57. The number of hydrogen-bond acceptors (Lipinski definition) is 4. The highest BCUT2D eigenvalue weighted by molar-refractivity contribution is 6.01. The number of carbonyl (C=O) groups is 2. The second kappa shape index (κ2) is 5.45. The number of aromatic carboxylic acids is 1. The second-order valence-electron chi connectivity index (χ2n) is 5.69. The van der Waals surface area contributed by atoms with Gasteiger partial charge < -0.3 is 9.52 Å². The molecule has 5 heteroatoms. The molecule has 1 N–H and O–H groups in total. The van der Waals surface area contributed by atoms with Crippen molar-refractivity contribution in [3.05, 3.63) is 65.7 Å². The lowest BCUT2D eigenvalue weighted by Gasteiger charge is -2.05. The number of aromatic nitrogens is 1. The minimum absolute atomic E-state index is 0.117. The van der Waals surface area contributed by atoms with Gasteiger partial charge in [-0.1, -0.05) is 12.1 Å². The zero-order valence-electron chi connectivity index (χ0n) is 12.7. The van der Waals surface area contributed by atoms with Gasteiger partial charge in [-0.2, -0.15) is 0 Å². The lowest BCUT2D eigenvalue weighted by atomic mass is 9.99. The molecule has 3 aromatic rings. The summed E-state index contributed by atoms with van der Waals surface area (Å²) in [5, 5.41) is 9.26. The van der Waals surface area contributed by atoms with Crippen molar-refractivity contribution in [2.75, 3.05) is 0 Å². The van der Waals surface area contributed by atoms with Gasteiger partial charge in [0, 0.05) is 35.5 Å². The van der Waals surface area contributed by atoms with Crippen LogP contribution in [0.1, 0.15) is 32.9 Å². The van der Waals surface area contributed by atoms with Crippen LogP contribution in [0, 0.1) is 0 Å². The summed E-state index contributed by atoms with van der Waals surface area (Å²) >= 11 is 0. The number of pyridine rings is 1. The molecule has 0 atom stereocenters. The van der Waals surface area contributed by atoms with Crippen LogP contribution < -0.4 is 0 Å². The van der Waals surface area contributed by atoms with Crippen molar-refractivity contribution >= 4 is 11.8 Å². The smallest absolute Gasteiger partial charge is 0.371 e. The van der Waals surface area contributed by atoms with E-state index in [1.807, 2.05) is 6.07 Å². The Morgan fingerprint density at radius 1 is 1.00 bits per heavy atom. The van der Waals surface area contributed by atoms with Crippen LogP contribution in [0.25, 0.3) is 22.5 Å². The number of carboxylic acids is 1. The maximum Gasteiger partial charge on any atom is 0.371 e. The van der Waals surface area contributed by atoms with Crippen molar-refractivity contribution in [1.82, 2.24) is 4.98 Å². The molecule has 0 fully saturated rings. The summed E-state index contributed by atoms with van der Waals surface area (Å²) in [6, 6.07) is 10.6. The van der Waals surface area contributed by atoms with Crippen LogP contribution >= 0.6 is 0 Å². The zero-order chi connectivity index (χ0) is 16.7. The van der Waals surface area contributed by atoms with Crippen molar-refractivity contribution in [2.24, 2.45) is 0 Å². The third kappa shape index (κ3) is 2.31. The highest BCUT2D eigenvalue weighted by atomic mass is 16.4. The van der Waals surface area contributed by atoms with E-state index in [9.17, 15) is 14.7 Å². The molecule has 0 spiro atoms. The summed E-state index contributed by atoms with van der Waals surface area (Å²) < 4.78 is 5.60. The average Bonchev–Trinajstić information content (AvgIpc) is 3.20. The van der Waals surface area contributed by atoms with Crippen LogP contribution in [-0.4, -0.2) is 21.8 Å². The van der Waals surface area contributed by atoms with Gasteiger partial charge in [-0.25, -0.2) is 4.79 Å². The van der Waals surface area contributed by atoms with E-state index in [4.69, 9.17) is 4.42 Å². The molecule has 0 unspecified atom stereocenters. The summed E-state index contributed by atoms with van der Waals surface area (Å²) in [5.74, 6) is -0.599. The fraction of sp³-hybridized carbons (Fsp3) is 0.105. The molecule has 1 aliphatic carbocycles. The first kappa shape index (κ1) is 14.4. The van der Waals surface area contributed by atoms with Crippen LogP contribution in [0.4, 0.5) is 0 Å². The lowest BCUT2D eigenvalue weighted by Crippen LogP contribution is -1.92. The Balaban J connectivity index is 1.89. The number of Topliss-reactive ketones (excluding diaryl/α,β-unsaturated/α-hetero) is 1. The minimum Gasteiger partial charge on any atom is -0.475 e. The van der Waals surface area contributed by atoms with Gasteiger partial charge in [0.2, 0.25) is 5.76 Å². The van der Waals surface area contributed by atoms with Gasteiger partial charge in [-0.3, -0.25) is 9.78 Å². The second-order valence-corrected chi connectivity index (χ2v) is 5.69. The third-order valence-electron chi connectivity index (χ3n) is 4.22. The number of aryl methyl sites for hydroxylation is 1. The molecule has 1 aromatic carbocycles. The minimum atomic E-state index is -1.12. The predicted octanol–water partition coefficient (Wildman–Crippen LogP) is 3.84. The van der Waals surface area contributed by atoms with Gasteiger partial charge >= 0.3 is 5.97 Å². The topological polar surface area (TPSA) is 80.4 Å². The van der Waals surface area contributed by atoms with E-state index >= 15 is 0 Å². The molecule has 4 rings (SSSR count). The maximum absolute atomic E-state index is 11.8. The number of benzene rings is 1. The van der Waals surface area contributed by atoms with Gasteiger partial charge in [0.05, 0.1) is 0 Å². The molecule has 2 heterocycles. The monoisotopic (exact) mass is 319 g/mol. The molecule has 0 radical (unpaired) electrons. The molecule has 2 aromatic heterocycles. The van der Waals surface area contributed by atoms with Crippen molar-refractivity contribution in [1.29, 1.82) is 0 Å². The van der Waals surface area contributed by atoms with E-state index in [-0.39, 0.29) is 11.5 Å². The van der Waals surface area contributed by atoms with Gasteiger partial charge in [-0.05, 0) is 41.8 Å². The molecule has 1 aliphatic rings. The molecule has 24 heavy (non-hydrogen) atoms. The number of furan rings is 1.